The number of hydrogen-bond donors (Lipinski definition) is 1. The molecule has 1 N–H and O–H groups in total. The molecule has 0 radical (unpaired) electrons. The molecule has 0 saturated heterocycles. The van der Waals surface area contributed by atoms with Gasteiger partial charge in [-0.3, -0.25) is 0 Å². The van der Waals surface area contributed by atoms with Crippen LogP contribution in [0.1, 0.15) is 31.1 Å². The van der Waals surface area contributed by atoms with E-state index in [9.17, 15) is 9.18 Å². The van der Waals surface area contributed by atoms with Crippen LogP contribution in [0.4, 0.5) is 4.39 Å². The van der Waals surface area contributed by atoms with Crippen LogP contribution in [-0.2, 0) is 0 Å². The molecule has 0 saturated carbocycles. The number of pyridine rings is 1. The highest BCUT2D eigenvalue weighted by Crippen LogP contribution is 2.29. The van der Waals surface area contributed by atoms with Gasteiger partial charge in [0, 0.05) is 11.4 Å². The first kappa shape index (κ1) is 13.0. The van der Waals surface area contributed by atoms with Crippen molar-refractivity contribution in [1.29, 1.82) is 0 Å². The molecule has 1 aromatic heterocycles. The molecule has 1 unspecified atom stereocenters. The van der Waals surface area contributed by atoms with E-state index in [0.29, 0.717) is 5.92 Å². The van der Waals surface area contributed by atoms with Crippen molar-refractivity contribution in [3.05, 3.63) is 23.6 Å². The maximum atomic E-state index is 13.7. The van der Waals surface area contributed by atoms with Gasteiger partial charge < -0.3 is 5.11 Å². The summed E-state index contributed by atoms with van der Waals surface area (Å²) in [5, 5.41) is 9.10. The van der Waals surface area contributed by atoms with Gasteiger partial charge in [0.15, 0.2) is 5.82 Å². The molecule has 1 rings (SSSR count). The zero-order valence-corrected chi connectivity index (χ0v) is 10.2. The molecule has 3 nitrogen and oxygen atoms in total. The molecule has 0 aromatic carbocycles. The number of carbonyl (C=O) groups is 1. The number of nitrogens with zero attached hydrogens (tertiary/aromatic N) is 1. The number of carboxylic acids is 1. The molecule has 0 aliphatic rings. The molecule has 0 amide bonds. The Balaban J connectivity index is 2.98. The van der Waals surface area contributed by atoms with Crippen molar-refractivity contribution in [3.63, 3.8) is 0 Å². The molecule has 0 spiro atoms. The van der Waals surface area contributed by atoms with E-state index in [-0.39, 0.29) is 15.8 Å². The lowest BCUT2D eigenvalue weighted by atomic mass is 10.2. The summed E-state index contributed by atoms with van der Waals surface area (Å²) in [6.07, 6.45) is 1.32. The Labute approximate surface area is 98.1 Å². The molecule has 0 aliphatic heterocycles. The van der Waals surface area contributed by atoms with Gasteiger partial charge in [0.1, 0.15) is 5.03 Å². The maximum absolute atomic E-state index is 13.7. The molecule has 5 heteroatoms. The van der Waals surface area contributed by atoms with Crippen molar-refractivity contribution in [1.82, 2.24) is 4.98 Å². The van der Waals surface area contributed by atoms with Crippen LogP contribution in [0.15, 0.2) is 17.3 Å². The fourth-order valence-electron chi connectivity index (χ4n) is 0.984. The summed E-state index contributed by atoms with van der Waals surface area (Å²) in [7, 11) is 0. The third kappa shape index (κ3) is 2.95. The molecule has 0 bridgehead atoms. The summed E-state index contributed by atoms with van der Waals surface area (Å²) in [6, 6.07) is 1.17. The van der Waals surface area contributed by atoms with Gasteiger partial charge in [-0.15, -0.1) is 11.8 Å². The van der Waals surface area contributed by atoms with Crippen LogP contribution < -0.4 is 0 Å². The topological polar surface area (TPSA) is 50.2 Å². The SMILES string of the molecule is CC(C)C(C)Sc1nccc(C(=O)O)c1F. The number of thioether (sulfide) groups is 1. The standard InChI is InChI=1S/C11H14FNO2S/c1-6(2)7(3)16-10-9(12)8(11(14)15)4-5-13-10/h4-7H,1-3H3,(H,14,15). The Hall–Kier alpha value is -1.10. The smallest absolute Gasteiger partial charge is 0.338 e. The minimum absolute atomic E-state index is 0.154. The van der Waals surface area contributed by atoms with Gasteiger partial charge in [0.2, 0.25) is 0 Å². The summed E-state index contributed by atoms with van der Waals surface area (Å²) in [5.74, 6) is -1.63. The van der Waals surface area contributed by atoms with Crippen molar-refractivity contribution in [2.75, 3.05) is 0 Å². The van der Waals surface area contributed by atoms with Crippen molar-refractivity contribution in [2.24, 2.45) is 5.92 Å². The molecule has 1 heterocycles. The molecule has 88 valence electrons. The maximum Gasteiger partial charge on any atom is 0.338 e. The van der Waals surface area contributed by atoms with Crippen LogP contribution in [0.3, 0.4) is 0 Å². The largest absolute Gasteiger partial charge is 0.478 e. The van der Waals surface area contributed by atoms with E-state index in [1.807, 2.05) is 20.8 Å². The minimum atomic E-state index is -1.26. The van der Waals surface area contributed by atoms with E-state index < -0.39 is 11.8 Å². The zero-order chi connectivity index (χ0) is 12.3. The molecule has 1 aromatic rings. The molecule has 0 fully saturated rings. The van der Waals surface area contributed by atoms with Crippen LogP contribution in [-0.4, -0.2) is 21.3 Å². The van der Waals surface area contributed by atoms with E-state index in [4.69, 9.17) is 5.11 Å². The lowest BCUT2D eigenvalue weighted by molar-refractivity contribution is 0.0691. The van der Waals surface area contributed by atoms with E-state index >= 15 is 0 Å². The third-order valence-electron chi connectivity index (χ3n) is 2.32. The Morgan fingerprint density at radius 2 is 2.12 bits per heavy atom. The van der Waals surface area contributed by atoms with Gasteiger partial charge in [-0.05, 0) is 12.0 Å². The lowest BCUT2D eigenvalue weighted by Crippen LogP contribution is -2.08. The minimum Gasteiger partial charge on any atom is -0.478 e. The summed E-state index contributed by atoms with van der Waals surface area (Å²) >= 11 is 1.26. The Morgan fingerprint density at radius 1 is 1.50 bits per heavy atom. The number of aromatic nitrogens is 1. The fourth-order valence-corrected chi connectivity index (χ4v) is 1.94. The molecular formula is C11H14FNO2S. The van der Waals surface area contributed by atoms with Gasteiger partial charge in [-0.2, -0.15) is 0 Å². The van der Waals surface area contributed by atoms with Gasteiger partial charge >= 0.3 is 5.97 Å². The Kier molecular flexibility index (Phi) is 4.29. The average Bonchev–Trinajstić information content (AvgIpc) is 2.20. The Bertz CT molecular complexity index is 396. The van der Waals surface area contributed by atoms with Crippen molar-refractivity contribution in [2.45, 2.75) is 31.0 Å². The van der Waals surface area contributed by atoms with E-state index in [0.717, 1.165) is 0 Å². The number of aromatic carboxylic acids is 1. The first-order chi connectivity index (χ1) is 7.43. The molecule has 0 aliphatic carbocycles. The Morgan fingerprint density at radius 3 is 2.62 bits per heavy atom. The van der Waals surface area contributed by atoms with Crippen LogP contribution in [0.25, 0.3) is 0 Å². The van der Waals surface area contributed by atoms with Gasteiger partial charge in [0.05, 0.1) is 5.56 Å². The number of carboxylic acid groups (broad SMARTS) is 1. The second-order valence-corrected chi connectivity index (χ2v) is 5.22. The summed E-state index contributed by atoms with van der Waals surface area (Å²) in [4.78, 5) is 14.6. The van der Waals surface area contributed by atoms with Crippen molar-refractivity contribution >= 4 is 17.7 Å². The lowest BCUT2D eigenvalue weighted by Gasteiger charge is -2.14. The first-order valence-corrected chi connectivity index (χ1v) is 5.86. The van der Waals surface area contributed by atoms with Gasteiger partial charge in [-0.1, -0.05) is 20.8 Å². The first-order valence-electron chi connectivity index (χ1n) is 4.98. The summed E-state index contributed by atoms with van der Waals surface area (Å²) in [6.45, 7) is 6.01. The molecule has 16 heavy (non-hydrogen) atoms. The van der Waals surface area contributed by atoms with Crippen LogP contribution in [0.2, 0.25) is 0 Å². The zero-order valence-electron chi connectivity index (χ0n) is 9.40. The predicted molar refractivity (Wildman–Crippen MR) is 61.3 cm³/mol. The van der Waals surface area contributed by atoms with Crippen LogP contribution in [0.5, 0.6) is 0 Å². The highest BCUT2D eigenvalue weighted by atomic mass is 32.2. The highest BCUT2D eigenvalue weighted by Gasteiger charge is 2.18. The van der Waals surface area contributed by atoms with Gasteiger partial charge in [0.25, 0.3) is 0 Å². The average molecular weight is 243 g/mol. The highest BCUT2D eigenvalue weighted by molar-refractivity contribution is 7.99. The molecule has 1 atom stereocenters. The van der Waals surface area contributed by atoms with Crippen molar-refractivity contribution < 1.29 is 14.3 Å². The summed E-state index contributed by atoms with van der Waals surface area (Å²) < 4.78 is 13.7. The van der Waals surface area contributed by atoms with E-state index in [1.165, 1.54) is 24.0 Å². The predicted octanol–water partition coefficient (Wildman–Crippen LogP) is 3.06. The van der Waals surface area contributed by atoms with E-state index in [1.54, 1.807) is 0 Å². The summed E-state index contributed by atoms with van der Waals surface area (Å²) in [5.41, 5.74) is -0.326. The fraction of sp³-hybridized carbons (Fsp3) is 0.455. The van der Waals surface area contributed by atoms with E-state index in [2.05, 4.69) is 4.98 Å². The van der Waals surface area contributed by atoms with Crippen molar-refractivity contribution in [3.8, 4) is 0 Å². The number of rotatable bonds is 4. The number of halogens is 1. The van der Waals surface area contributed by atoms with Gasteiger partial charge in [-0.25, -0.2) is 14.2 Å². The monoisotopic (exact) mass is 243 g/mol. The quantitative estimate of drug-likeness (QED) is 0.826. The second-order valence-electron chi connectivity index (χ2n) is 3.85. The normalized spacial score (nSPS) is 12.8. The molecular weight excluding hydrogens is 229 g/mol. The van der Waals surface area contributed by atoms with Crippen LogP contribution >= 0.6 is 11.8 Å². The second kappa shape index (κ2) is 5.30. The van der Waals surface area contributed by atoms with Crippen LogP contribution in [0, 0.1) is 11.7 Å². The number of hydrogen-bond acceptors (Lipinski definition) is 3. The third-order valence-corrected chi connectivity index (χ3v) is 3.75.